The average molecular weight is 273 g/mol. The van der Waals surface area contributed by atoms with E-state index in [2.05, 4.69) is 25.7 Å². The van der Waals surface area contributed by atoms with Crippen LogP contribution in [0.3, 0.4) is 0 Å². The predicted octanol–water partition coefficient (Wildman–Crippen LogP) is 0.198. The molecule has 1 aliphatic heterocycles. The van der Waals surface area contributed by atoms with Gasteiger partial charge in [0.2, 0.25) is 0 Å². The Kier molecular flexibility index (Phi) is 3.94. The number of hydrogen-bond donors (Lipinski definition) is 3. The van der Waals surface area contributed by atoms with Crippen molar-refractivity contribution >= 4 is 16.8 Å². The average Bonchev–Trinajstić information content (AvgIpc) is 2.95. The van der Waals surface area contributed by atoms with Crippen LogP contribution in [-0.4, -0.2) is 60.3 Å². The Hall–Kier alpha value is -1.92. The number of amides is 1. The van der Waals surface area contributed by atoms with E-state index in [1.165, 1.54) is 0 Å². The van der Waals surface area contributed by atoms with Gasteiger partial charge in [0.25, 0.3) is 5.91 Å². The number of benzene rings is 1. The number of H-pyrrole nitrogens is 1. The van der Waals surface area contributed by atoms with Crippen LogP contribution in [0.1, 0.15) is 10.4 Å². The van der Waals surface area contributed by atoms with E-state index in [-0.39, 0.29) is 5.91 Å². The molecule has 0 aliphatic carbocycles. The maximum Gasteiger partial charge on any atom is 0.251 e. The molecule has 1 aromatic heterocycles. The number of rotatable bonds is 4. The number of nitrogens with zero attached hydrogens (tertiary/aromatic N) is 2. The van der Waals surface area contributed by atoms with E-state index < -0.39 is 0 Å². The molecular formula is C14H19N5O. The molecule has 1 aliphatic rings. The third-order valence-corrected chi connectivity index (χ3v) is 3.63. The Morgan fingerprint density at radius 2 is 2.20 bits per heavy atom. The highest BCUT2D eigenvalue weighted by Gasteiger charge is 2.10. The molecule has 20 heavy (non-hydrogen) atoms. The fourth-order valence-corrected chi connectivity index (χ4v) is 2.45. The van der Waals surface area contributed by atoms with Crippen LogP contribution in [0.5, 0.6) is 0 Å². The van der Waals surface area contributed by atoms with E-state index >= 15 is 0 Å². The third kappa shape index (κ3) is 2.97. The van der Waals surface area contributed by atoms with Crippen LogP contribution in [0.15, 0.2) is 24.4 Å². The molecule has 6 nitrogen and oxygen atoms in total. The molecule has 0 unspecified atom stereocenters. The quantitative estimate of drug-likeness (QED) is 0.744. The first-order valence-electron chi connectivity index (χ1n) is 6.97. The van der Waals surface area contributed by atoms with Gasteiger partial charge in [-0.1, -0.05) is 0 Å². The van der Waals surface area contributed by atoms with Crippen LogP contribution in [0, 0.1) is 0 Å². The third-order valence-electron chi connectivity index (χ3n) is 3.63. The van der Waals surface area contributed by atoms with E-state index in [0.717, 1.165) is 43.6 Å². The monoisotopic (exact) mass is 273 g/mol. The van der Waals surface area contributed by atoms with Gasteiger partial charge in [-0.25, -0.2) is 0 Å². The Labute approximate surface area is 117 Å². The van der Waals surface area contributed by atoms with Crippen molar-refractivity contribution in [1.82, 2.24) is 25.7 Å². The summed E-state index contributed by atoms with van der Waals surface area (Å²) < 4.78 is 0. The number of aromatic nitrogens is 2. The zero-order valence-electron chi connectivity index (χ0n) is 11.4. The van der Waals surface area contributed by atoms with Crippen molar-refractivity contribution in [1.29, 1.82) is 0 Å². The number of hydrogen-bond acceptors (Lipinski definition) is 4. The van der Waals surface area contributed by atoms with Gasteiger partial charge in [-0.2, -0.15) is 5.10 Å². The molecule has 0 atom stereocenters. The van der Waals surface area contributed by atoms with Gasteiger partial charge in [-0.05, 0) is 18.2 Å². The van der Waals surface area contributed by atoms with E-state index in [0.29, 0.717) is 12.1 Å². The molecule has 1 saturated heterocycles. The summed E-state index contributed by atoms with van der Waals surface area (Å²) in [6.45, 7) is 5.76. The Balaban J connectivity index is 1.53. The topological polar surface area (TPSA) is 73.1 Å². The highest BCUT2D eigenvalue weighted by Crippen LogP contribution is 2.12. The summed E-state index contributed by atoms with van der Waals surface area (Å²) in [5, 5.41) is 14.1. The Morgan fingerprint density at radius 1 is 1.35 bits per heavy atom. The zero-order chi connectivity index (χ0) is 13.8. The molecule has 1 amide bonds. The summed E-state index contributed by atoms with van der Waals surface area (Å²) >= 11 is 0. The van der Waals surface area contributed by atoms with E-state index in [9.17, 15) is 4.79 Å². The first kappa shape index (κ1) is 13.1. The number of carbonyl (C=O) groups is 1. The number of aromatic amines is 1. The molecule has 106 valence electrons. The SMILES string of the molecule is O=C(NCCN1CCNCC1)c1ccc2[nH]ncc2c1. The molecule has 0 spiro atoms. The molecule has 3 N–H and O–H groups in total. The zero-order valence-corrected chi connectivity index (χ0v) is 11.4. The van der Waals surface area contributed by atoms with Crippen LogP contribution in [0.2, 0.25) is 0 Å². The highest BCUT2D eigenvalue weighted by molar-refractivity contribution is 5.97. The first-order valence-corrected chi connectivity index (χ1v) is 6.97. The van der Waals surface area contributed by atoms with Crippen molar-refractivity contribution < 1.29 is 4.79 Å². The number of fused-ring (bicyclic) bond motifs is 1. The fraction of sp³-hybridized carbons (Fsp3) is 0.429. The van der Waals surface area contributed by atoms with Crippen LogP contribution in [0.25, 0.3) is 10.9 Å². The largest absolute Gasteiger partial charge is 0.351 e. The van der Waals surface area contributed by atoms with Gasteiger partial charge in [-0.15, -0.1) is 0 Å². The van der Waals surface area contributed by atoms with Crippen LogP contribution in [-0.2, 0) is 0 Å². The molecule has 0 radical (unpaired) electrons. The van der Waals surface area contributed by atoms with Crippen LogP contribution >= 0.6 is 0 Å². The minimum Gasteiger partial charge on any atom is -0.351 e. The fourth-order valence-electron chi connectivity index (χ4n) is 2.45. The van der Waals surface area contributed by atoms with Crippen LogP contribution < -0.4 is 10.6 Å². The molecule has 1 aromatic carbocycles. The minimum absolute atomic E-state index is 0.0248. The number of piperazine rings is 1. The lowest BCUT2D eigenvalue weighted by Crippen LogP contribution is -2.46. The smallest absolute Gasteiger partial charge is 0.251 e. The minimum atomic E-state index is -0.0248. The van der Waals surface area contributed by atoms with Crippen molar-refractivity contribution in [3.05, 3.63) is 30.0 Å². The van der Waals surface area contributed by atoms with Gasteiger partial charge >= 0.3 is 0 Å². The van der Waals surface area contributed by atoms with E-state index in [1.54, 1.807) is 6.20 Å². The molecule has 0 saturated carbocycles. The van der Waals surface area contributed by atoms with Gasteiger partial charge < -0.3 is 10.6 Å². The van der Waals surface area contributed by atoms with Gasteiger partial charge in [-0.3, -0.25) is 14.8 Å². The summed E-state index contributed by atoms with van der Waals surface area (Å²) in [6, 6.07) is 5.56. The van der Waals surface area contributed by atoms with Crippen molar-refractivity contribution in [2.24, 2.45) is 0 Å². The van der Waals surface area contributed by atoms with Crippen LogP contribution in [0.4, 0.5) is 0 Å². The second-order valence-corrected chi connectivity index (χ2v) is 5.02. The van der Waals surface area contributed by atoms with Crippen molar-refractivity contribution in [2.45, 2.75) is 0 Å². The second kappa shape index (κ2) is 6.02. The Morgan fingerprint density at radius 3 is 3.05 bits per heavy atom. The van der Waals surface area contributed by atoms with E-state index in [1.807, 2.05) is 18.2 Å². The normalized spacial score (nSPS) is 16.4. The molecule has 2 aromatic rings. The summed E-state index contributed by atoms with van der Waals surface area (Å²) in [7, 11) is 0. The summed E-state index contributed by atoms with van der Waals surface area (Å²) in [4.78, 5) is 14.4. The van der Waals surface area contributed by atoms with Crippen molar-refractivity contribution in [3.8, 4) is 0 Å². The van der Waals surface area contributed by atoms with Gasteiger partial charge in [0.1, 0.15) is 0 Å². The number of nitrogens with one attached hydrogen (secondary N) is 3. The van der Waals surface area contributed by atoms with Crippen molar-refractivity contribution in [2.75, 3.05) is 39.3 Å². The highest BCUT2D eigenvalue weighted by atomic mass is 16.1. The molecule has 2 heterocycles. The molecule has 3 rings (SSSR count). The lowest BCUT2D eigenvalue weighted by Gasteiger charge is -2.27. The maximum absolute atomic E-state index is 12.1. The summed E-state index contributed by atoms with van der Waals surface area (Å²) in [5.41, 5.74) is 1.63. The maximum atomic E-state index is 12.1. The summed E-state index contributed by atoms with van der Waals surface area (Å²) in [5.74, 6) is -0.0248. The molecular weight excluding hydrogens is 254 g/mol. The van der Waals surface area contributed by atoms with E-state index in [4.69, 9.17) is 0 Å². The van der Waals surface area contributed by atoms with Gasteiger partial charge in [0, 0.05) is 50.2 Å². The lowest BCUT2D eigenvalue weighted by molar-refractivity contribution is 0.0947. The van der Waals surface area contributed by atoms with Gasteiger partial charge in [0.15, 0.2) is 0 Å². The first-order chi connectivity index (χ1) is 9.83. The van der Waals surface area contributed by atoms with Gasteiger partial charge in [0.05, 0.1) is 11.7 Å². The lowest BCUT2D eigenvalue weighted by atomic mass is 10.1. The predicted molar refractivity (Wildman–Crippen MR) is 77.7 cm³/mol. The van der Waals surface area contributed by atoms with Crippen molar-refractivity contribution in [3.63, 3.8) is 0 Å². The number of carbonyl (C=O) groups excluding carboxylic acids is 1. The molecule has 6 heteroatoms. The Bertz CT molecular complexity index is 588. The summed E-state index contributed by atoms with van der Waals surface area (Å²) in [6.07, 6.45) is 1.73. The molecule has 0 bridgehead atoms. The second-order valence-electron chi connectivity index (χ2n) is 5.02. The standard InChI is InChI=1S/C14H19N5O/c20-14(16-5-8-19-6-3-15-4-7-19)11-1-2-13-12(9-11)10-17-18-13/h1-2,9-10,15H,3-8H2,(H,16,20)(H,17,18). The molecule has 1 fully saturated rings.